The lowest BCUT2D eigenvalue weighted by molar-refractivity contribution is -0.143. The molecule has 0 radical (unpaired) electrons. The van der Waals surface area contributed by atoms with Gasteiger partial charge in [0.15, 0.2) is 0 Å². The van der Waals surface area contributed by atoms with E-state index in [-0.39, 0.29) is 32.1 Å². The average molecular weight is 557 g/mol. The molecule has 4 unspecified atom stereocenters. The third-order valence-electron chi connectivity index (χ3n) is 6.22. The summed E-state index contributed by atoms with van der Waals surface area (Å²) in [6, 6.07) is 6.39. The lowest BCUT2D eigenvalue weighted by atomic mass is 10.0. The zero-order valence-electron chi connectivity index (χ0n) is 23.4. The predicted molar refractivity (Wildman–Crippen MR) is 149 cm³/mol. The first-order chi connectivity index (χ1) is 19.1. The highest BCUT2D eigenvalue weighted by atomic mass is 16.5. The third kappa shape index (κ3) is 10.2. The maximum atomic E-state index is 13.3. The van der Waals surface area contributed by atoms with Gasteiger partial charge < -0.3 is 30.3 Å². The van der Waals surface area contributed by atoms with Crippen LogP contribution in [0.15, 0.2) is 55.6 Å². The summed E-state index contributed by atoms with van der Waals surface area (Å²) in [5.74, 6) is -2.01. The van der Waals surface area contributed by atoms with Gasteiger partial charge in [0.2, 0.25) is 17.7 Å². The first-order valence-electron chi connectivity index (χ1n) is 13.3. The van der Waals surface area contributed by atoms with E-state index in [2.05, 4.69) is 29.1 Å². The number of carbonyl (C=O) groups excluding carboxylic acids is 5. The highest BCUT2D eigenvalue weighted by Gasteiger charge is 2.54. The smallest absolute Gasteiger partial charge is 0.408 e. The van der Waals surface area contributed by atoms with Gasteiger partial charge in [-0.3, -0.25) is 19.2 Å². The van der Waals surface area contributed by atoms with Crippen LogP contribution in [0.4, 0.5) is 4.79 Å². The lowest BCUT2D eigenvalue weighted by Crippen LogP contribution is -2.50. The molecule has 1 fully saturated rings. The van der Waals surface area contributed by atoms with E-state index in [1.54, 1.807) is 6.92 Å². The Hall–Kier alpha value is -4.15. The molecule has 0 aliphatic carbocycles. The molecule has 3 N–H and O–H groups in total. The fraction of sp³-hybridized carbons (Fsp3) is 0.483. The minimum atomic E-state index is -0.955. The molecular weight excluding hydrogens is 516 g/mol. The monoisotopic (exact) mass is 556 g/mol. The van der Waals surface area contributed by atoms with Gasteiger partial charge in [-0.2, -0.15) is 0 Å². The summed E-state index contributed by atoms with van der Waals surface area (Å²) in [4.78, 5) is 64.8. The van der Waals surface area contributed by atoms with Crippen molar-refractivity contribution in [2.45, 2.75) is 64.2 Å². The number of esters is 1. The van der Waals surface area contributed by atoms with E-state index in [1.165, 1.54) is 17.1 Å². The zero-order valence-corrected chi connectivity index (χ0v) is 23.4. The minimum absolute atomic E-state index is 0.00200. The number of rotatable bonds is 16. The van der Waals surface area contributed by atoms with Crippen LogP contribution in [0.25, 0.3) is 0 Å². The Bertz CT molecular complexity index is 1060. The molecule has 1 heterocycles. The van der Waals surface area contributed by atoms with Gasteiger partial charge in [-0.05, 0) is 37.7 Å². The quantitative estimate of drug-likeness (QED) is 0.160. The van der Waals surface area contributed by atoms with Crippen molar-refractivity contribution >= 4 is 29.8 Å². The summed E-state index contributed by atoms with van der Waals surface area (Å²) in [6.45, 7) is 12.2. The summed E-state index contributed by atoms with van der Waals surface area (Å²) in [7, 11) is 0. The van der Waals surface area contributed by atoms with Gasteiger partial charge in [0, 0.05) is 0 Å². The Balaban J connectivity index is 2.08. The number of carbonyl (C=O) groups is 5. The molecule has 2 rings (SSSR count). The van der Waals surface area contributed by atoms with Crippen LogP contribution in [0.1, 0.15) is 39.2 Å². The average Bonchev–Trinajstić information content (AvgIpc) is 3.61. The molecule has 11 nitrogen and oxygen atoms in total. The third-order valence-corrected chi connectivity index (χ3v) is 6.22. The minimum Gasteiger partial charge on any atom is -0.460 e. The highest BCUT2D eigenvalue weighted by molar-refractivity contribution is 5.98. The van der Waals surface area contributed by atoms with Crippen LogP contribution >= 0.6 is 0 Å². The van der Waals surface area contributed by atoms with Crippen molar-refractivity contribution in [3.63, 3.8) is 0 Å². The van der Waals surface area contributed by atoms with Gasteiger partial charge in [0.05, 0.1) is 6.04 Å². The normalized spacial score (nSPS) is 17.1. The van der Waals surface area contributed by atoms with E-state index in [1.807, 2.05) is 44.2 Å². The zero-order chi connectivity index (χ0) is 29.7. The van der Waals surface area contributed by atoms with Crippen molar-refractivity contribution in [2.24, 2.45) is 5.92 Å². The van der Waals surface area contributed by atoms with E-state index in [9.17, 15) is 24.0 Å². The first kappa shape index (κ1) is 32.1. The van der Waals surface area contributed by atoms with Gasteiger partial charge in [-0.1, -0.05) is 69.5 Å². The van der Waals surface area contributed by atoms with Gasteiger partial charge in [-0.25, -0.2) is 4.79 Å². The Morgan fingerprint density at radius 2 is 1.62 bits per heavy atom. The molecule has 1 aliphatic heterocycles. The van der Waals surface area contributed by atoms with Gasteiger partial charge >= 0.3 is 12.1 Å². The fourth-order valence-electron chi connectivity index (χ4n) is 4.19. The second-order valence-corrected chi connectivity index (χ2v) is 9.92. The van der Waals surface area contributed by atoms with E-state index in [0.717, 1.165) is 5.56 Å². The molecule has 0 aromatic heterocycles. The van der Waals surface area contributed by atoms with E-state index >= 15 is 0 Å². The van der Waals surface area contributed by atoms with Crippen LogP contribution in [0.5, 0.6) is 0 Å². The molecule has 4 atom stereocenters. The summed E-state index contributed by atoms with van der Waals surface area (Å²) < 4.78 is 9.84. The van der Waals surface area contributed by atoms with Crippen LogP contribution in [-0.2, 0) is 35.1 Å². The number of nitrogens with one attached hydrogen (secondary N) is 3. The molecule has 0 spiro atoms. The van der Waals surface area contributed by atoms with Crippen LogP contribution in [0, 0.1) is 5.92 Å². The van der Waals surface area contributed by atoms with E-state index in [0.29, 0.717) is 12.8 Å². The lowest BCUT2D eigenvalue weighted by Gasteiger charge is -2.21. The topological polar surface area (TPSA) is 143 Å². The van der Waals surface area contributed by atoms with Crippen molar-refractivity contribution in [3.05, 3.63) is 61.2 Å². The highest BCUT2D eigenvalue weighted by Crippen LogP contribution is 2.30. The number of nitrogens with zero attached hydrogens (tertiary/aromatic N) is 1. The maximum absolute atomic E-state index is 13.3. The van der Waals surface area contributed by atoms with E-state index < -0.39 is 54.0 Å². The largest absolute Gasteiger partial charge is 0.460 e. The summed E-state index contributed by atoms with van der Waals surface area (Å²) in [6.07, 6.45) is 3.20. The number of benzene rings is 1. The van der Waals surface area contributed by atoms with Crippen molar-refractivity contribution in [1.29, 1.82) is 0 Å². The summed E-state index contributed by atoms with van der Waals surface area (Å²) >= 11 is 0. The number of hydrogen-bond acceptors (Lipinski definition) is 7. The van der Waals surface area contributed by atoms with Crippen LogP contribution in [0.2, 0.25) is 0 Å². The molecule has 0 saturated carbocycles. The number of alkyl carbamates (subject to hydrolysis) is 1. The Kier molecular flexibility index (Phi) is 12.9. The van der Waals surface area contributed by atoms with Crippen molar-refractivity contribution in [2.75, 3.05) is 19.8 Å². The Labute approximate surface area is 235 Å². The molecule has 0 bridgehead atoms. The Morgan fingerprint density at radius 1 is 0.975 bits per heavy atom. The Morgan fingerprint density at radius 3 is 2.25 bits per heavy atom. The van der Waals surface area contributed by atoms with Crippen LogP contribution in [-0.4, -0.2) is 78.6 Å². The van der Waals surface area contributed by atoms with Gasteiger partial charge in [0.1, 0.15) is 37.9 Å². The molecule has 1 aromatic rings. The SMILES string of the molecule is C=CCOC(=O)CNC(=O)C(CCc1ccccc1)NC(=O)C1C(C)N1C(=O)C(CC(C)C)NC(=O)OCC=C. The van der Waals surface area contributed by atoms with Crippen LogP contribution < -0.4 is 16.0 Å². The maximum Gasteiger partial charge on any atom is 0.408 e. The van der Waals surface area contributed by atoms with Crippen molar-refractivity contribution in [1.82, 2.24) is 20.9 Å². The number of ether oxygens (including phenoxy) is 2. The predicted octanol–water partition coefficient (Wildman–Crippen LogP) is 1.88. The summed E-state index contributed by atoms with van der Waals surface area (Å²) in [5, 5.41) is 7.83. The van der Waals surface area contributed by atoms with E-state index in [4.69, 9.17) is 9.47 Å². The van der Waals surface area contributed by atoms with Crippen molar-refractivity contribution < 1.29 is 33.4 Å². The second-order valence-electron chi connectivity index (χ2n) is 9.92. The number of hydrogen-bond donors (Lipinski definition) is 3. The molecule has 218 valence electrons. The molecular formula is C29H40N4O7. The fourth-order valence-corrected chi connectivity index (χ4v) is 4.19. The standard InChI is InChI=1S/C29H40N4O7/c1-6-15-39-24(34)18-30-26(35)22(14-13-21-11-9-8-10-12-21)31-27(36)25-20(5)33(25)28(37)23(17-19(3)4)32-29(38)40-16-7-2/h6-12,19-20,22-23,25H,1-2,13-18H2,3-5H3,(H,30,35)(H,31,36)(H,32,38). The number of aryl methyl sites for hydroxylation is 1. The first-order valence-corrected chi connectivity index (χ1v) is 13.3. The summed E-state index contributed by atoms with van der Waals surface area (Å²) in [5.41, 5.74) is 0.975. The molecule has 40 heavy (non-hydrogen) atoms. The molecule has 1 aromatic carbocycles. The van der Waals surface area contributed by atoms with Crippen molar-refractivity contribution in [3.8, 4) is 0 Å². The van der Waals surface area contributed by atoms with Gasteiger partial charge in [0.25, 0.3) is 0 Å². The number of amides is 4. The van der Waals surface area contributed by atoms with Crippen LogP contribution in [0.3, 0.4) is 0 Å². The molecule has 1 saturated heterocycles. The van der Waals surface area contributed by atoms with Gasteiger partial charge in [-0.15, -0.1) is 0 Å². The molecule has 11 heteroatoms. The molecule has 4 amide bonds. The molecule has 1 aliphatic rings. The second kappa shape index (κ2) is 16.1.